The maximum Gasteiger partial charge on any atom is 0.418 e. The number of hydrogen-bond acceptors (Lipinski definition) is 3. The molecule has 2 unspecified atom stereocenters. The van der Waals surface area contributed by atoms with E-state index in [0.29, 0.717) is 36.6 Å². The summed E-state index contributed by atoms with van der Waals surface area (Å²) in [5, 5.41) is 9.95. The number of hydrogen-bond donors (Lipinski definition) is 1. The van der Waals surface area contributed by atoms with Gasteiger partial charge in [-0.1, -0.05) is 47.6 Å². The molecule has 0 heterocycles. The van der Waals surface area contributed by atoms with Crippen LogP contribution in [-0.4, -0.2) is 24.4 Å². The summed E-state index contributed by atoms with van der Waals surface area (Å²) in [4.78, 5) is 1.58. The number of benzene rings is 1. The van der Waals surface area contributed by atoms with Crippen LogP contribution < -0.4 is 9.64 Å². The first kappa shape index (κ1) is 26.3. The lowest BCUT2D eigenvalue weighted by Gasteiger charge is -2.37. The molecule has 1 aromatic rings. The number of ether oxygens (including phenoxy) is 1. The highest BCUT2D eigenvalue weighted by Gasteiger charge is 2.39. The molecule has 1 aromatic carbocycles. The van der Waals surface area contributed by atoms with Crippen molar-refractivity contribution >= 4 is 5.69 Å². The molecule has 0 fully saturated rings. The standard InChI is InChI=1S/C24H38F3NO2/c1-8-10-19(15-29)28(17(5)6)23-21(18(7)9-2)13-20(30-12-11-16(3)4)14-22(23)24(25,26)27/h13-14,16,18-19,29H,5,8-12,15H2,1-4,6-7H3. The lowest BCUT2D eigenvalue weighted by molar-refractivity contribution is -0.137. The van der Waals surface area contributed by atoms with Gasteiger partial charge in [0.25, 0.3) is 0 Å². The van der Waals surface area contributed by atoms with Crippen LogP contribution in [0.2, 0.25) is 0 Å². The van der Waals surface area contributed by atoms with Gasteiger partial charge in [-0.15, -0.1) is 0 Å². The van der Waals surface area contributed by atoms with Crippen LogP contribution in [0.15, 0.2) is 24.4 Å². The lowest BCUT2D eigenvalue weighted by Crippen LogP contribution is -2.38. The smallest absolute Gasteiger partial charge is 0.418 e. The molecule has 1 N–H and O–H groups in total. The minimum atomic E-state index is -4.56. The van der Waals surface area contributed by atoms with E-state index in [4.69, 9.17) is 4.74 Å². The second-order valence-corrected chi connectivity index (χ2v) is 8.48. The van der Waals surface area contributed by atoms with E-state index in [1.54, 1.807) is 17.9 Å². The fourth-order valence-corrected chi connectivity index (χ4v) is 3.53. The fourth-order valence-electron chi connectivity index (χ4n) is 3.53. The zero-order chi connectivity index (χ0) is 23.1. The molecule has 30 heavy (non-hydrogen) atoms. The summed E-state index contributed by atoms with van der Waals surface area (Å²) in [5.41, 5.74) is 0.404. The molecule has 0 radical (unpaired) electrons. The van der Waals surface area contributed by atoms with Crippen LogP contribution in [0.4, 0.5) is 18.9 Å². The summed E-state index contributed by atoms with van der Waals surface area (Å²) >= 11 is 0. The van der Waals surface area contributed by atoms with E-state index in [1.807, 2.05) is 34.6 Å². The number of halogens is 3. The number of allylic oxidation sites excluding steroid dienone is 1. The van der Waals surface area contributed by atoms with Crippen LogP contribution in [0.3, 0.4) is 0 Å². The van der Waals surface area contributed by atoms with Crippen LogP contribution in [0, 0.1) is 5.92 Å². The van der Waals surface area contributed by atoms with Gasteiger partial charge in [-0.3, -0.25) is 0 Å². The summed E-state index contributed by atoms with van der Waals surface area (Å²) in [6.07, 6.45) is -1.81. The van der Waals surface area contributed by atoms with Crippen molar-refractivity contribution in [3.8, 4) is 5.75 Å². The zero-order valence-corrected chi connectivity index (χ0v) is 19.3. The molecule has 172 valence electrons. The Bertz CT molecular complexity index is 686. The SMILES string of the molecule is C=C(C)N(c1c(C(C)CC)cc(OCCC(C)C)cc1C(F)(F)F)C(CO)CCC. The van der Waals surface area contributed by atoms with Crippen molar-refractivity contribution < 1.29 is 23.0 Å². The zero-order valence-electron chi connectivity index (χ0n) is 19.3. The van der Waals surface area contributed by atoms with E-state index in [9.17, 15) is 18.3 Å². The average molecular weight is 430 g/mol. The van der Waals surface area contributed by atoms with Gasteiger partial charge in [-0.25, -0.2) is 0 Å². The quantitative estimate of drug-likeness (QED) is 0.383. The van der Waals surface area contributed by atoms with Crippen LogP contribution >= 0.6 is 0 Å². The van der Waals surface area contributed by atoms with E-state index in [2.05, 4.69) is 6.58 Å². The minimum Gasteiger partial charge on any atom is -0.494 e. The topological polar surface area (TPSA) is 32.7 Å². The van der Waals surface area contributed by atoms with Crippen molar-refractivity contribution in [3.05, 3.63) is 35.5 Å². The maximum absolute atomic E-state index is 14.2. The Morgan fingerprint density at radius 1 is 1.17 bits per heavy atom. The Hall–Kier alpha value is -1.69. The van der Waals surface area contributed by atoms with Crippen molar-refractivity contribution in [2.24, 2.45) is 5.92 Å². The highest BCUT2D eigenvalue weighted by Crippen LogP contribution is 2.46. The molecular weight excluding hydrogens is 391 g/mol. The van der Waals surface area contributed by atoms with Gasteiger partial charge in [-0.2, -0.15) is 13.2 Å². The molecule has 0 spiro atoms. The molecule has 0 aromatic heterocycles. The average Bonchev–Trinajstić information content (AvgIpc) is 2.65. The van der Waals surface area contributed by atoms with Gasteiger partial charge >= 0.3 is 6.18 Å². The van der Waals surface area contributed by atoms with E-state index in [-0.39, 0.29) is 24.0 Å². The summed E-state index contributed by atoms with van der Waals surface area (Å²) in [6.45, 7) is 15.7. The van der Waals surface area contributed by atoms with Crippen molar-refractivity contribution in [2.45, 2.75) is 85.4 Å². The summed E-state index contributed by atoms with van der Waals surface area (Å²) < 4.78 is 48.4. The van der Waals surface area contributed by atoms with E-state index in [1.165, 1.54) is 0 Å². The Labute approximate surface area is 179 Å². The highest BCUT2D eigenvalue weighted by molar-refractivity contribution is 5.68. The van der Waals surface area contributed by atoms with Crippen molar-refractivity contribution in [3.63, 3.8) is 0 Å². The third-order valence-corrected chi connectivity index (χ3v) is 5.38. The molecule has 0 aliphatic rings. The lowest BCUT2D eigenvalue weighted by atomic mass is 9.91. The Morgan fingerprint density at radius 2 is 1.80 bits per heavy atom. The fraction of sp³-hybridized carbons (Fsp3) is 0.667. The van der Waals surface area contributed by atoms with Crippen molar-refractivity contribution in [1.29, 1.82) is 0 Å². The molecule has 1 rings (SSSR count). The van der Waals surface area contributed by atoms with Crippen LogP contribution in [-0.2, 0) is 6.18 Å². The van der Waals surface area contributed by atoms with E-state index < -0.39 is 17.8 Å². The Balaban J connectivity index is 3.72. The first-order valence-electron chi connectivity index (χ1n) is 10.9. The summed E-state index contributed by atoms with van der Waals surface area (Å²) in [6, 6.07) is 2.36. The number of aliphatic hydroxyl groups is 1. The van der Waals surface area contributed by atoms with Gasteiger partial charge in [-0.05, 0) is 55.7 Å². The molecule has 0 saturated carbocycles. The molecule has 0 aliphatic carbocycles. The largest absolute Gasteiger partial charge is 0.494 e. The van der Waals surface area contributed by atoms with Crippen LogP contribution in [0.1, 0.15) is 84.3 Å². The number of alkyl halides is 3. The van der Waals surface area contributed by atoms with Gasteiger partial charge < -0.3 is 14.7 Å². The molecule has 0 saturated heterocycles. The summed E-state index contributed by atoms with van der Waals surface area (Å²) in [7, 11) is 0. The molecular formula is C24H38F3NO2. The van der Waals surface area contributed by atoms with Crippen LogP contribution in [0.5, 0.6) is 5.75 Å². The number of nitrogens with zero attached hydrogens (tertiary/aromatic N) is 1. The number of aliphatic hydroxyl groups excluding tert-OH is 1. The predicted octanol–water partition coefficient (Wildman–Crippen LogP) is 7.14. The third kappa shape index (κ3) is 6.93. The van der Waals surface area contributed by atoms with Gasteiger partial charge in [0.2, 0.25) is 0 Å². The molecule has 2 atom stereocenters. The van der Waals surface area contributed by atoms with Gasteiger partial charge in [0, 0.05) is 5.70 Å². The van der Waals surface area contributed by atoms with Gasteiger partial charge in [0.15, 0.2) is 0 Å². The van der Waals surface area contributed by atoms with Crippen molar-refractivity contribution in [2.75, 3.05) is 18.1 Å². The second kappa shape index (κ2) is 11.6. The Kier molecular flexibility index (Phi) is 10.2. The minimum absolute atomic E-state index is 0.0908. The molecule has 0 bridgehead atoms. The Morgan fingerprint density at radius 3 is 2.23 bits per heavy atom. The molecule has 0 amide bonds. The number of rotatable bonds is 12. The summed E-state index contributed by atoms with van der Waals surface area (Å²) in [5.74, 6) is 0.524. The van der Waals surface area contributed by atoms with Crippen molar-refractivity contribution in [1.82, 2.24) is 0 Å². The highest BCUT2D eigenvalue weighted by atomic mass is 19.4. The monoisotopic (exact) mass is 429 g/mol. The predicted molar refractivity (Wildman–Crippen MR) is 118 cm³/mol. The first-order valence-corrected chi connectivity index (χ1v) is 10.9. The number of anilines is 1. The molecule has 0 aliphatic heterocycles. The van der Waals surface area contributed by atoms with Gasteiger partial charge in [0.05, 0.1) is 30.5 Å². The van der Waals surface area contributed by atoms with E-state index >= 15 is 0 Å². The third-order valence-electron chi connectivity index (χ3n) is 5.38. The normalized spacial score (nSPS) is 14.0. The molecule has 3 nitrogen and oxygen atoms in total. The van der Waals surface area contributed by atoms with Crippen LogP contribution in [0.25, 0.3) is 0 Å². The maximum atomic E-state index is 14.2. The molecule has 6 heteroatoms. The second-order valence-electron chi connectivity index (χ2n) is 8.48. The first-order chi connectivity index (χ1) is 14.0. The van der Waals surface area contributed by atoms with Gasteiger partial charge in [0.1, 0.15) is 5.75 Å². The van der Waals surface area contributed by atoms with E-state index in [0.717, 1.165) is 18.9 Å².